The minimum Gasteiger partial charge on any atom is -0.497 e. The molecule has 2 N–H and O–H groups in total. The van der Waals surface area contributed by atoms with Crippen LogP contribution in [0.25, 0.3) is 0 Å². The molecule has 0 spiro atoms. The fourth-order valence-corrected chi connectivity index (χ4v) is 8.16. The lowest BCUT2D eigenvalue weighted by Gasteiger charge is -2.45. The number of ether oxygens (including phenoxy) is 2. The summed E-state index contributed by atoms with van der Waals surface area (Å²) in [6, 6.07) is 9.45. The van der Waals surface area contributed by atoms with Crippen molar-refractivity contribution >= 4 is 25.8 Å². The zero-order chi connectivity index (χ0) is 25.3. The largest absolute Gasteiger partial charge is 0.497 e. The Morgan fingerprint density at radius 3 is 1.85 bits per heavy atom. The highest BCUT2D eigenvalue weighted by molar-refractivity contribution is 7.92. The van der Waals surface area contributed by atoms with Crippen LogP contribution in [-0.4, -0.2) is 64.3 Å². The fourth-order valence-electron chi connectivity index (χ4n) is 4.13. The number of piperidine rings is 1. The second-order valence-corrected chi connectivity index (χ2v) is 12.8. The average Bonchev–Trinajstić information content (AvgIpc) is 2.82. The lowest BCUT2D eigenvalue weighted by Crippen LogP contribution is -2.63. The smallest absolute Gasteiger partial charge is 0.263 e. The lowest BCUT2D eigenvalue weighted by molar-refractivity contribution is -0.134. The Balaban J connectivity index is 2.15. The van der Waals surface area contributed by atoms with Crippen LogP contribution in [0, 0.1) is 5.41 Å². The molecule has 1 fully saturated rings. The Hall–Kier alpha value is -2.67. The van der Waals surface area contributed by atoms with Crippen molar-refractivity contribution in [1.82, 2.24) is 9.79 Å². The first-order valence-electron chi connectivity index (χ1n) is 10.4. The first-order chi connectivity index (χ1) is 15.9. The van der Waals surface area contributed by atoms with E-state index < -0.39 is 42.5 Å². The van der Waals surface area contributed by atoms with Gasteiger partial charge in [0.2, 0.25) is 10.0 Å². The number of amides is 1. The summed E-state index contributed by atoms with van der Waals surface area (Å²) in [6.07, 6.45) is -0.00587. The van der Waals surface area contributed by atoms with Crippen molar-refractivity contribution in [2.75, 3.05) is 20.8 Å². The summed E-state index contributed by atoms with van der Waals surface area (Å²) in [4.78, 5) is 12.6. The average molecular weight is 513 g/mol. The van der Waals surface area contributed by atoms with Crippen LogP contribution >= 0.6 is 0 Å². The topological polar surface area (TPSA) is 139 Å². The van der Waals surface area contributed by atoms with Crippen molar-refractivity contribution in [2.45, 2.75) is 41.4 Å². The van der Waals surface area contributed by atoms with Crippen molar-refractivity contribution in [1.29, 1.82) is 0 Å². The highest BCUT2D eigenvalue weighted by atomic mass is 32.2. The zero-order valence-corrected chi connectivity index (χ0v) is 20.9. The normalized spacial score (nSPS) is 21.0. The maximum Gasteiger partial charge on any atom is 0.263 e. The molecule has 0 radical (unpaired) electrons. The van der Waals surface area contributed by atoms with E-state index in [1.165, 1.54) is 68.2 Å². The molecule has 12 heteroatoms. The summed E-state index contributed by atoms with van der Waals surface area (Å²) in [7, 11) is -5.65. The molecule has 2 aromatic rings. The van der Waals surface area contributed by atoms with E-state index in [1.54, 1.807) is 13.8 Å². The van der Waals surface area contributed by atoms with E-state index in [9.17, 15) is 26.8 Å². The van der Waals surface area contributed by atoms with Gasteiger partial charge in [-0.1, -0.05) is 13.8 Å². The lowest BCUT2D eigenvalue weighted by atomic mass is 9.82. The van der Waals surface area contributed by atoms with Crippen molar-refractivity contribution < 1.29 is 36.3 Å². The van der Waals surface area contributed by atoms with Crippen LogP contribution in [0.3, 0.4) is 0 Å². The molecule has 0 saturated carbocycles. The summed E-state index contributed by atoms with van der Waals surface area (Å²) in [5.41, 5.74) is 0.660. The van der Waals surface area contributed by atoms with Crippen LogP contribution in [0.2, 0.25) is 0 Å². The van der Waals surface area contributed by atoms with Crippen LogP contribution < -0.4 is 15.0 Å². The number of sulfonamides is 1. The number of benzene rings is 2. The number of methoxy groups -OCH3 is 2. The first kappa shape index (κ1) is 25.9. The number of hydroxylamine groups is 1. The molecule has 10 nitrogen and oxygen atoms in total. The quantitative estimate of drug-likeness (QED) is 0.423. The number of hydrogen-bond acceptors (Lipinski definition) is 8. The number of hydrogen-bond donors (Lipinski definition) is 2. The molecule has 1 heterocycles. The van der Waals surface area contributed by atoms with Gasteiger partial charge in [0, 0.05) is 6.54 Å². The molecule has 1 aliphatic rings. The molecular formula is C22H28N2O8S2. The molecule has 3 rings (SSSR count). The van der Waals surface area contributed by atoms with Gasteiger partial charge < -0.3 is 9.47 Å². The number of nitrogens with one attached hydrogen (secondary N) is 1. The third-order valence-electron chi connectivity index (χ3n) is 5.83. The summed E-state index contributed by atoms with van der Waals surface area (Å²) in [5.74, 6) is -0.256. The number of carbonyl (C=O) groups excluding carboxylic acids is 1. The fraction of sp³-hybridized carbons (Fsp3) is 0.409. The molecule has 2 aromatic carbocycles. The van der Waals surface area contributed by atoms with Crippen LogP contribution in [0.1, 0.15) is 20.3 Å². The van der Waals surface area contributed by atoms with Gasteiger partial charge in [0.05, 0.1) is 29.3 Å². The molecule has 1 saturated heterocycles. The van der Waals surface area contributed by atoms with Gasteiger partial charge in [-0.25, -0.2) is 22.3 Å². The number of carbonyl (C=O) groups is 1. The minimum atomic E-state index is -4.33. The van der Waals surface area contributed by atoms with Gasteiger partial charge >= 0.3 is 0 Å². The van der Waals surface area contributed by atoms with Gasteiger partial charge in [-0.3, -0.25) is 10.0 Å². The van der Waals surface area contributed by atoms with E-state index >= 15 is 0 Å². The second-order valence-electron chi connectivity index (χ2n) is 8.77. The molecule has 0 aliphatic carbocycles. The summed E-state index contributed by atoms with van der Waals surface area (Å²) >= 11 is 0. The van der Waals surface area contributed by atoms with Gasteiger partial charge in [0.1, 0.15) is 17.5 Å². The Bertz CT molecular complexity index is 1150. The molecule has 2 atom stereocenters. The van der Waals surface area contributed by atoms with E-state index in [1.807, 2.05) is 0 Å². The summed E-state index contributed by atoms with van der Waals surface area (Å²) < 4.78 is 65.5. The number of nitrogens with zero attached hydrogens (tertiary/aromatic N) is 1. The monoisotopic (exact) mass is 512 g/mol. The minimum absolute atomic E-state index is 0.00587. The van der Waals surface area contributed by atoms with Gasteiger partial charge in [-0.2, -0.15) is 4.31 Å². The van der Waals surface area contributed by atoms with Crippen LogP contribution in [-0.2, 0) is 24.7 Å². The number of rotatable bonds is 7. The van der Waals surface area contributed by atoms with Crippen molar-refractivity contribution in [3.8, 4) is 11.5 Å². The Kier molecular flexibility index (Phi) is 7.27. The molecular weight excluding hydrogens is 484 g/mol. The predicted octanol–water partition coefficient (Wildman–Crippen LogP) is 1.84. The van der Waals surface area contributed by atoms with E-state index in [0.29, 0.717) is 11.5 Å². The van der Waals surface area contributed by atoms with Crippen LogP contribution in [0.15, 0.2) is 58.3 Å². The van der Waals surface area contributed by atoms with Crippen molar-refractivity contribution in [3.63, 3.8) is 0 Å². The molecule has 0 bridgehead atoms. The second kappa shape index (κ2) is 9.53. The van der Waals surface area contributed by atoms with E-state index in [-0.39, 0.29) is 22.8 Å². The highest BCUT2D eigenvalue weighted by Gasteiger charge is 2.53. The molecule has 34 heavy (non-hydrogen) atoms. The standard InChI is InChI=1S/C22H28N2O8S2/c1-22(2)13-19(33(27,28)17-9-5-15(31-3)6-10-17)20(21(25)23-26)24(14-22)34(29,30)18-11-7-16(32-4)8-12-18/h5-12,19-20,26H,13-14H2,1-4H3,(H,23,25). The van der Waals surface area contributed by atoms with Gasteiger partial charge in [-0.15, -0.1) is 0 Å². The SMILES string of the molecule is COc1ccc(S(=O)(=O)C2CC(C)(C)CN(S(=O)(=O)c3ccc(OC)cc3)C2C(=O)NO)cc1. The molecule has 0 aromatic heterocycles. The van der Waals surface area contributed by atoms with E-state index in [4.69, 9.17) is 9.47 Å². The van der Waals surface area contributed by atoms with Crippen LogP contribution in [0.5, 0.6) is 11.5 Å². The maximum atomic E-state index is 13.7. The van der Waals surface area contributed by atoms with Gasteiger partial charge in [0.15, 0.2) is 9.84 Å². The first-order valence-corrected chi connectivity index (χ1v) is 13.3. The summed E-state index contributed by atoms with van der Waals surface area (Å²) in [6.45, 7) is 3.33. The molecule has 1 aliphatic heterocycles. The van der Waals surface area contributed by atoms with Crippen molar-refractivity contribution in [3.05, 3.63) is 48.5 Å². The Morgan fingerprint density at radius 2 is 1.41 bits per heavy atom. The van der Waals surface area contributed by atoms with E-state index in [0.717, 1.165) is 4.31 Å². The van der Waals surface area contributed by atoms with Crippen LogP contribution in [0.4, 0.5) is 0 Å². The third kappa shape index (κ3) is 4.90. The summed E-state index contributed by atoms with van der Waals surface area (Å²) in [5, 5.41) is 7.96. The zero-order valence-electron chi connectivity index (χ0n) is 19.3. The highest BCUT2D eigenvalue weighted by Crippen LogP contribution is 2.40. The van der Waals surface area contributed by atoms with E-state index in [2.05, 4.69) is 0 Å². The third-order valence-corrected chi connectivity index (χ3v) is 9.82. The molecule has 186 valence electrons. The Labute approximate surface area is 199 Å². The maximum absolute atomic E-state index is 13.7. The van der Waals surface area contributed by atoms with Gasteiger partial charge in [0.25, 0.3) is 5.91 Å². The molecule has 1 amide bonds. The van der Waals surface area contributed by atoms with Crippen molar-refractivity contribution in [2.24, 2.45) is 5.41 Å². The van der Waals surface area contributed by atoms with Gasteiger partial charge in [-0.05, 0) is 60.4 Å². The Morgan fingerprint density at radius 1 is 0.941 bits per heavy atom. The number of sulfone groups is 1. The predicted molar refractivity (Wildman–Crippen MR) is 123 cm³/mol. The molecule has 2 unspecified atom stereocenters.